The van der Waals surface area contributed by atoms with E-state index in [9.17, 15) is 9.59 Å². The Bertz CT molecular complexity index is 690. The van der Waals surface area contributed by atoms with Gasteiger partial charge >= 0.3 is 0 Å². The lowest BCUT2D eigenvalue weighted by Gasteiger charge is -2.35. The summed E-state index contributed by atoms with van der Waals surface area (Å²) in [6, 6.07) is 5.74. The molecule has 0 radical (unpaired) electrons. The molecule has 0 bridgehead atoms. The maximum Gasteiger partial charge on any atom is 0.246 e. The second-order valence-electron chi connectivity index (χ2n) is 6.88. The number of benzene rings is 1. The Labute approximate surface area is 159 Å². The van der Waals surface area contributed by atoms with E-state index >= 15 is 0 Å². The summed E-state index contributed by atoms with van der Waals surface area (Å²) in [5.74, 6) is 0.223. The van der Waals surface area contributed by atoms with Gasteiger partial charge in [0.05, 0.1) is 13.2 Å². The van der Waals surface area contributed by atoms with Crippen molar-refractivity contribution in [2.75, 3.05) is 39.4 Å². The third-order valence-electron chi connectivity index (χ3n) is 5.09. The van der Waals surface area contributed by atoms with Crippen LogP contribution in [0.25, 0.3) is 6.08 Å². The smallest absolute Gasteiger partial charge is 0.246 e. The Kier molecular flexibility index (Phi) is 6.33. The van der Waals surface area contributed by atoms with Crippen molar-refractivity contribution in [3.8, 4) is 0 Å². The predicted octanol–water partition coefficient (Wildman–Crippen LogP) is 2.76. The molecule has 3 rings (SSSR count). The Morgan fingerprint density at radius 1 is 1.12 bits per heavy atom. The summed E-state index contributed by atoms with van der Waals surface area (Å²) in [7, 11) is 0. The third kappa shape index (κ3) is 4.65. The van der Waals surface area contributed by atoms with Gasteiger partial charge in [0.1, 0.15) is 0 Å². The first-order valence-electron chi connectivity index (χ1n) is 9.14. The number of hydrogen-bond acceptors (Lipinski definition) is 3. The van der Waals surface area contributed by atoms with E-state index in [1.54, 1.807) is 12.2 Å². The number of likely N-dealkylation sites (tertiary alicyclic amines) is 1. The summed E-state index contributed by atoms with van der Waals surface area (Å²) < 4.78 is 5.30. The first kappa shape index (κ1) is 18.9. The average molecular weight is 377 g/mol. The zero-order valence-electron chi connectivity index (χ0n) is 15.1. The molecular weight excluding hydrogens is 352 g/mol. The molecule has 0 aromatic heterocycles. The molecule has 0 aliphatic carbocycles. The third-order valence-corrected chi connectivity index (χ3v) is 5.50. The highest BCUT2D eigenvalue weighted by Crippen LogP contribution is 2.21. The number of piperidine rings is 1. The number of nitrogens with zero attached hydrogens (tertiary/aromatic N) is 2. The van der Waals surface area contributed by atoms with E-state index in [0.29, 0.717) is 44.4 Å². The van der Waals surface area contributed by atoms with Crippen molar-refractivity contribution in [3.63, 3.8) is 0 Å². The molecule has 2 heterocycles. The van der Waals surface area contributed by atoms with E-state index in [1.165, 1.54) is 0 Å². The summed E-state index contributed by atoms with van der Waals surface area (Å²) in [6.45, 7) is 5.80. The fourth-order valence-corrected chi connectivity index (χ4v) is 3.56. The zero-order chi connectivity index (χ0) is 18.5. The van der Waals surface area contributed by atoms with Crippen molar-refractivity contribution in [2.24, 2.45) is 5.92 Å². The van der Waals surface area contributed by atoms with Crippen LogP contribution in [0.15, 0.2) is 24.3 Å². The van der Waals surface area contributed by atoms with Gasteiger partial charge in [-0.1, -0.05) is 23.7 Å². The average Bonchev–Trinajstić information content (AvgIpc) is 2.69. The van der Waals surface area contributed by atoms with E-state index < -0.39 is 0 Å². The van der Waals surface area contributed by atoms with Gasteiger partial charge in [-0.2, -0.15) is 0 Å². The van der Waals surface area contributed by atoms with Crippen LogP contribution in [0, 0.1) is 12.8 Å². The van der Waals surface area contributed by atoms with E-state index in [4.69, 9.17) is 16.3 Å². The molecule has 0 unspecified atom stereocenters. The topological polar surface area (TPSA) is 49.9 Å². The standard InChI is InChI=1S/C20H25ClN2O3/c1-15-2-3-16(14-18(15)21)4-5-19(24)22-8-6-17(7-9-22)20(25)23-10-12-26-13-11-23/h2-5,14,17H,6-13H2,1H3/b5-4-. The van der Waals surface area contributed by atoms with Crippen molar-refractivity contribution in [1.82, 2.24) is 9.80 Å². The van der Waals surface area contributed by atoms with Crippen LogP contribution in [0.2, 0.25) is 5.02 Å². The van der Waals surface area contributed by atoms with E-state index in [2.05, 4.69) is 0 Å². The molecule has 5 nitrogen and oxygen atoms in total. The van der Waals surface area contributed by atoms with Gasteiger partial charge in [-0.25, -0.2) is 0 Å². The number of halogens is 1. The highest BCUT2D eigenvalue weighted by Gasteiger charge is 2.30. The van der Waals surface area contributed by atoms with Gasteiger partial charge < -0.3 is 14.5 Å². The molecule has 2 amide bonds. The lowest BCUT2D eigenvalue weighted by Crippen LogP contribution is -2.47. The van der Waals surface area contributed by atoms with Crippen LogP contribution in [-0.4, -0.2) is 61.0 Å². The van der Waals surface area contributed by atoms with Crippen molar-refractivity contribution in [3.05, 3.63) is 40.4 Å². The van der Waals surface area contributed by atoms with E-state index in [-0.39, 0.29) is 17.7 Å². The molecule has 0 saturated carbocycles. The summed E-state index contributed by atoms with van der Waals surface area (Å²) in [4.78, 5) is 28.6. The Hall–Kier alpha value is -1.85. The summed E-state index contributed by atoms with van der Waals surface area (Å²) in [5, 5.41) is 0.696. The number of carbonyl (C=O) groups excluding carboxylic acids is 2. The first-order valence-corrected chi connectivity index (χ1v) is 9.52. The monoisotopic (exact) mass is 376 g/mol. The van der Waals surface area contributed by atoms with Gasteiger partial charge in [-0.3, -0.25) is 9.59 Å². The Balaban J connectivity index is 1.50. The largest absolute Gasteiger partial charge is 0.378 e. The fourth-order valence-electron chi connectivity index (χ4n) is 3.37. The fraction of sp³-hybridized carbons (Fsp3) is 0.500. The van der Waals surface area contributed by atoms with Gasteiger partial charge in [0.2, 0.25) is 11.8 Å². The number of ether oxygens (including phenoxy) is 1. The van der Waals surface area contributed by atoms with Crippen LogP contribution in [0.1, 0.15) is 24.0 Å². The van der Waals surface area contributed by atoms with Gasteiger partial charge in [-0.15, -0.1) is 0 Å². The maximum atomic E-state index is 12.5. The van der Waals surface area contributed by atoms with Crippen LogP contribution in [0.5, 0.6) is 0 Å². The Morgan fingerprint density at radius 3 is 2.46 bits per heavy atom. The molecule has 2 aliphatic rings. The minimum absolute atomic E-state index is 0.0148. The molecule has 2 fully saturated rings. The number of aryl methyl sites for hydroxylation is 1. The molecule has 0 N–H and O–H groups in total. The molecule has 2 saturated heterocycles. The van der Waals surface area contributed by atoms with Crippen LogP contribution in [-0.2, 0) is 14.3 Å². The van der Waals surface area contributed by atoms with Gasteiger partial charge in [0.25, 0.3) is 0 Å². The number of hydrogen-bond donors (Lipinski definition) is 0. The molecule has 1 aromatic rings. The molecule has 2 aliphatic heterocycles. The van der Waals surface area contributed by atoms with E-state index in [0.717, 1.165) is 24.0 Å². The summed E-state index contributed by atoms with van der Waals surface area (Å²) in [6.07, 6.45) is 4.84. The summed E-state index contributed by atoms with van der Waals surface area (Å²) in [5.41, 5.74) is 1.92. The van der Waals surface area contributed by atoms with Crippen molar-refractivity contribution in [1.29, 1.82) is 0 Å². The predicted molar refractivity (Wildman–Crippen MR) is 102 cm³/mol. The molecule has 1 aromatic carbocycles. The van der Waals surface area contributed by atoms with Gasteiger partial charge in [0, 0.05) is 43.2 Å². The minimum Gasteiger partial charge on any atom is -0.378 e. The lowest BCUT2D eigenvalue weighted by molar-refractivity contribution is -0.142. The molecule has 0 spiro atoms. The minimum atomic E-state index is -0.0148. The second kappa shape index (κ2) is 8.69. The highest BCUT2D eigenvalue weighted by atomic mass is 35.5. The highest BCUT2D eigenvalue weighted by molar-refractivity contribution is 6.31. The molecule has 140 valence electrons. The van der Waals surface area contributed by atoms with Crippen molar-refractivity contribution in [2.45, 2.75) is 19.8 Å². The van der Waals surface area contributed by atoms with Crippen molar-refractivity contribution >= 4 is 29.5 Å². The number of carbonyl (C=O) groups is 2. The molecule has 0 atom stereocenters. The van der Waals surface area contributed by atoms with Gasteiger partial charge in [0.15, 0.2) is 0 Å². The zero-order valence-corrected chi connectivity index (χ0v) is 15.9. The number of amides is 2. The Morgan fingerprint density at radius 2 is 1.81 bits per heavy atom. The van der Waals surface area contributed by atoms with Gasteiger partial charge in [-0.05, 0) is 43.0 Å². The normalized spacial score (nSPS) is 19.2. The second-order valence-corrected chi connectivity index (χ2v) is 7.29. The number of morpholine rings is 1. The quantitative estimate of drug-likeness (QED) is 0.762. The van der Waals surface area contributed by atoms with Crippen LogP contribution < -0.4 is 0 Å². The molecule has 6 heteroatoms. The van der Waals surface area contributed by atoms with Crippen molar-refractivity contribution < 1.29 is 14.3 Å². The number of rotatable bonds is 3. The molecular formula is C20H25ClN2O3. The van der Waals surface area contributed by atoms with Crippen LogP contribution in [0.3, 0.4) is 0 Å². The van der Waals surface area contributed by atoms with E-state index in [1.807, 2.05) is 34.9 Å². The summed E-state index contributed by atoms with van der Waals surface area (Å²) >= 11 is 6.11. The molecule has 26 heavy (non-hydrogen) atoms. The van der Waals surface area contributed by atoms with Crippen LogP contribution >= 0.6 is 11.6 Å². The van der Waals surface area contributed by atoms with Crippen LogP contribution in [0.4, 0.5) is 0 Å². The first-order chi connectivity index (χ1) is 12.5. The maximum absolute atomic E-state index is 12.5. The SMILES string of the molecule is Cc1ccc(/C=C\C(=O)N2CCC(C(=O)N3CCOCC3)CC2)cc1Cl. The lowest BCUT2D eigenvalue weighted by atomic mass is 9.95.